The fourth-order valence-electron chi connectivity index (χ4n) is 5.68. The van der Waals surface area contributed by atoms with Crippen LogP contribution in [-0.2, 0) is 17.7 Å². The first kappa shape index (κ1) is 29.1. The highest BCUT2D eigenvalue weighted by atomic mass is 16.5. The van der Waals surface area contributed by atoms with Crippen LogP contribution in [0.3, 0.4) is 0 Å². The van der Waals surface area contributed by atoms with Crippen molar-refractivity contribution in [2.24, 2.45) is 5.92 Å². The number of pyridine rings is 2. The third kappa shape index (κ3) is 6.50. The normalized spacial score (nSPS) is 13.6. The van der Waals surface area contributed by atoms with Crippen molar-refractivity contribution in [3.05, 3.63) is 118 Å². The van der Waals surface area contributed by atoms with E-state index in [1.54, 1.807) is 18.6 Å². The molecule has 8 nitrogen and oxygen atoms in total. The van der Waals surface area contributed by atoms with E-state index in [0.29, 0.717) is 17.3 Å². The van der Waals surface area contributed by atoms with Crippen LogP contribution in [-0.4, -0.2) is 38.7 Å². The van der Waals surface area contributed by atoms with E-state index in [1.165, 1.54) is 0 Å². The maximum Gasteiger partial charge on any atom is 0.200 e. The summed E-state index contributed by atoms with van der Waals surface area (Å²) in [6.07, 6.45) is 9.09. The zero-order chi connectivity index (χ0) is 30.6. The largest absolute Gasteiger partial charge is 0.383 e. The number of nitrogen functional groups attached to an aromatic ring is 1. The number of hydrogen-bond donors (Lipinski definition) is 1. The Kier molecular flexibility index (Phi) is 8.43. The Morgan fingerprint density at radius 2 is 1.57 bits per heavy atom. The second kappa shape index (κ2) is 12.7. The number of carbonyl (C=O) groups is 1. The molecule has 6 rings (SSSR count). The monoisotopic (exact) mass is 585 g/mol. The maximum absolute atomic E-state index is 13.7. The number of carbonyl (C=O) groups excluding carboxylic acids is 1. The van der Waals surface area contributed by atoms with Gasteiger partial charge in [-0.2, -0.15) is 10.2 Å². The molecule has 5 aromatic rings. The summed E-state index contributed by atoms with van der Waals surface area (Å²) in [5.74, 6) is 0.641. The molecule has 1 fully saturated rings. The minimum Gasteiger partial charge on any atom is -0.383 e. The molecular formula is C36H35N5O3. The van der Waals surface area contributed by atoms with Gasteiger partial charge in [-0.15, -0.1) is 0 Å². The minimum atomic E-state index is -0.241. The summed E-state index contributed by atoms with van der Waals surface area (Å²) in [4.78, 5) is 31.8. The Hall–Kier alpha value is -4.95. The molecule has 222 valence electrons. The molecule has 0 bridgehead atoms. The standard InChI is InChI=1S/C36H35N5O3/c1-23-3-7-28(8-4-23)32-21-41(20-26-11-13-44-14-12-26)22-33(35(32)43)34(42)16-25-5-9-27(10-6-25)31-17-30(18-38-36(31)37)29-15-24(2)40-39-19-29/h3-10,15,17-19,21-22,26H,11-14,16,20H2,1-2H3,(H2,37,38). The number of ether oxygens (including phenoxy) is 1. The third-order valence-electron chi connectivity index (χ3n) is 8.21. The molecule has 0 amide bonds. The van der Waals surface area contributed by atoms with E-state index in [2.05, 4.69) is 15.2 Å². The predicted molar refractivity (Wildman–Crippen MR) is 172 cm³/mol. The summed E-state index contributed by atoms with van der Waals surface area (Å²) in [6, 6.07) is 19.5. The van der Waals surface area contributed by atoms with E-state index in [-0.39, 0.29) is 23.2 Å². The van der Waals surface area contributed by atoms with Crippen LogP contribution in [0.25, 0.3) is 33.4 Å². The van der Waals surface area contributed by atoms with Gasteiger partial charge in [-0.05, 0) is 61.4 Å². The van der Waals surface area contributed by atoms with Gasteiger partial charge in [0.25, 0.3) is 0 Å². The Bertz CT molecular complexity index is 1860. The van der Waals surface area contributed by atoms with E-state index < -0.39 is 0 Å². The quantitative estimate of drug-likeness (QED) is 0.219. The molecule has 44 heavy (non-hydrogen) atoms. The van der Waals surface area contributed by atoms with Gasteiger partial charge in [0.2, 0.25) is 0 Å². The van der Waals surface area contributed by atoms with Gasteiger partial charge in [0.05, 0.1) is 17.5 Å². The second-order valence-corrected chi connectivity index (χ2v) is 11.6. The first-order valence-corrected chi connectivity index (χ1v) is 14.9. The molecular weight excluding hydrogens is 550 g/mol. The van der Waals surface area contributed by atoms with Crippen LogP contribution in [0.4, 0.5) is 5.82 Å². The van der Waals surface area contributed by atoms with Crippen molar-refractivity contribution >= 4 is 11.6 Å². The molecule has 0 unspecified atom stereocenters. The molecule has 2 aromatic carbocycles. The van der Waals surface area contributed by atoms with Crippen molar-refractivity contribution in [2.45, 2.75) is 39.7 Å². The van der Waals surface area contributed by atoms with E-state index >= 15 is 0 Å². The smallest absolute Gasteiger partial charge is 0.200 e. The number of aryl methyl sites for hydroxylation is 2. The first-order chi connectivity index (χ1) is 21.3. The number of benzene rings is 2. The van der Waals surface area contributed by atoms with Crippen LogP contribution >= 0.6 is 0 Å². The Morgan fingerprint density at radius 1 is 0.886 bits per heavy atom. The van der Waals surface area contributed by atoms with Gasteiger partial charge in [-0.3, -0.25) is 9.59 Å². The molecule has 8 heteroatoms. The minimum absolute atomic E-state index is 0.111. The fraction of sp³-hybridized carbons (Fsp3) is 0.250. The number of anilines is 1. The molecule has 4 heterocycles. The van der Waals surface area contributed by atoms with Gasteiger partial charge in [0.1, 0.15) is 5.82 Å². The topological polar surface area (TPSA) is 113 Å². The number of nitrogens with zero attached hydrogens (tertiary/aromatic N) is 4. The van der Waals surface area contributed by atoms with Gasteiger partial charge in [-0.25, -0.2) is 4.98 Å². The lowest BCUT2D eigenvalue weighted by atomic mass is 9.96. The number of hydrogen-bond acceptors (Lipinski definition) is 7. The predicted octanol–water partition coefficient (Wildman–Crippen LogP) is 6.09. The summed E-state index contributed by atoms with van der Waals surface area (Å²) >= 11 is 0. The molecule has 1 saturated heterocycles. The van der Waals surface area contributed by atoms with Crippen molar-refractivity contribution < 1.29 is 9.53 Å². The summed E-state index contributed by atoms with van der Waals surface area (Å²) in [7, 11) is 0. The second-order valence-electron chi connectivity index (χ2n) is 11.6. The molecule has 0 radical (unpaired) electrons. The Balaban J connectivity index is 1.27. The van der Waals surface area contributed by atoms with Gasteiger partial charge in [0.15, 0.2) is 11.2 Å². The van der Waals surface area contributed by atoms with Gasteiger partial charge in [-0.1, -0.05) is 54.1 Å². The van der Waals surface area contributed by atoms with Crippen LogP contribution in [0.1, 0.15) is 40.0 Å². The number of rotatable bonds is 8. The van der Waals surface area contributed by atoms with Crippen molar-refractivity contribution in [3.8, 4) is 33.4 Å². The number of ketones is 1. The summed E-state index contributed by atoms with van der Waals surface area (Å²) in [5, 5.41) is 8.08. The SMILES string of the molecule is Cc1ccc(-c2cn(CC3CCOCC3)cc(C(=O)Cc3ccc(-c4cc(-c5cnnc(C)c5)cnc4N)cc3)c2=O)cc1. The lowest BCUT2D eigenvalue weighted by molar-refractivity contribution is 0.0612. The van der Waals surface area contributed by atoms with Crippen molar-refractivity contribution in [1.29, 1.82) is 0 Å². The fourth-order valence-corrected chi connectivity index (χ4v) is 5.68. The van der Waals surface area contributed by atoms with E-state index in [0.717, 1.165) is 77.2 Å². The van der Waals surface area contributed by atoms with Crippen LogP contribution in [0, 0.1) is 19.8 Å². The van der Waals surface area contributed by atoms with E-state index in [4.69, 9.17) is 10.5 Å². The summed E-state index contributed by atoms with van der Waals surface area (Å²) < 4.78 is 7.55. The summed E-state index contributed by atoms with van der Waals surface area (Å²) in [5.41, 5.74) is 13.8. The van der Waals surface area contributed by atoms with E-state index in [1.807, 2.05) is 85.3 Å². The van der Waals surface area contributed by atoms with Crippen LogP contribution < -0.4 is 11.2 Å². The third-order valence-corrected chi connectivity index (χ3v) is 8.21. The highest BCUT2D eigenvalue weighted by Gasteiger charge is 2.20. The molecule has 1 aliphatic rings. The van der Waals surface area contributed by atoms with E-state index in [9.17, 15) is 9.59 Å². The maximum atomic E-state index is 13.7. The molecule has 0 aliphatic carbocycles. The highest BCUT2D eigenvalue weighted by molar-refractivity contribution is 5.98. The van der Waals surface area contributed by atoms with Crippen LogP contribution in [0.5, 0.6) is 0 Å². The lowest BCUT2D eigenvalue weighted by Gasteiger charge is -2.23. The van der Waals surface area contributed by atoms with Gasteiger partial charge >= 0.3 is 0 Å². The number of Topliss-reactive ketones (excluding diaryl/α,β-unsaturated/α-hetero) is 1. The van der Waals surface area contributed by atoms with Crippen molar-refractivity contribution in [3.63, 3.8) is 0 Å². The molecule has 3 aromatic heterocycles. The molecule has 0 saturated carbocycles. The average molecular weight is 586 g/mol. The highest BCUT2D eigenvalue weighted by Crippen LogP contribution is 2.30. The van der Waals surface area contributed by atoms with Gasteiger partial charge < -0.3 is 15.0 Å². The lowest BCUT2D eigenvalue weighted by Crippen LogP contribution is -2.25. The first-order valence-electron chi connectivity index (χ1n) is 14.9. The Morgan fingerprint density at radius 3 is 2.30 bits per heavy atom. The number of aromatic nitrogens is 4. The average Bonchev–Trinajstić information content (AvgIpc) is 3.03. The molecule has 0 atom stereocenters. The molecule has 1 aliphatic heterocycles. The molecule has 2 N–H and O–H groups in total. The summed E-state index contributed by atoms with van der Waals surface area (Å²) in [6.45, 7) is 6.12. The zero-order valence-electron chi connectivity index (χ0n) is 25.0. The van der Waals surface area contributed by atoms with Crippen molar-refractivity contribution in [2.75, 3.05) is 18.9 Å². The molecule has 0 spiro atoms. The van der Waals surface area contributed by atoms with Crippen LogP contribution in [0.15, 0.2) is 90.2 Å². The van der Waals surface area contributed by atoms with Crippen LogP contribution in [0.2, 0.25) is 0 Å². The van der Waals surface area contributed by atoms with Gasteiger partial charge in [0, 0.05) is 67.0 Å². The Labute approximate surface area is 256 Å². The zero-order valence-corrected chi connectivity index (χ0v) is 25.0. The number of nitrogens with two attached hydrogens (primary N) is 1. The van der Waals surface area contributed by atoms with Crippen molar-refractivity contribution in [1.82, 2.24) is 19.7 Å².